The fraction of sp³-hybridized carbons (Fsp3) is 0.333. The average molecular weight is 287 g/mol. The first-order valence-electron chi connectivity index (χ1n) is 6.90. The van der Waals surface area contributed by atoms with Gasteiger partial charge < -0.3 is 20.1 Å². The fourth-order valence-corrected chi connectivity index (χ4v) is 2.41. The zero-order valence-corrected chi connectivity index (χ0v) is 11.5. The van der Waals surface area contributed by atoms with E-state index < -0.39 is 0 Å². The summed E-state index contributed by atoms with van der Waals surface area (Å²) in [7, 11) is 0. The zero-order chi connectivity index (χ0) is 14.7. The minimum absolute atomic E-state index is 0.0837. The number of anilines is 1. The predicted molar refractivity (Wildman–Crippen MR) is 79.2 cm³/mol. The molecule has 2 amide bonds. The van der Waals surface area contributed by atoms with Crippen LogP contribution >= 0.6 is 0 Å². The van der Waals surface area contributed by atoms with Gasteiger partial charge in [-0.25, -0.2) is 4.79 Å². The highest BCUT2D eigenvalue weighted by Gasteiger charge is 2.24. The Balaban J connectivity index is 1.77. The molecule has 1 aromatic heterocycles. The van der Waals surface area contributed by atoms with E-state index in [-0.39, 0.29) is 18.7 Å². The minimum atomic E-state index is -0.310. The molecule has 1 atom stereocenters. The molecule has 3 rings (SSSR count). The van der Waals surface area contributed by atoms with E-state index in [1.165, 1.54) is 0 Å². The van der Waals surface area contributed by atoms with Crippen LogP contribution in [-0.2, 0) is 4.74 Å². The van der Waals surface area contributed by atoms with Crippen molar-refractivity contribution in [3.8, 4) is 0 Å². The molecule has 0 unspecified atom stereocenters. The third kappa shape index (κ3) is 2.96. The molecular weight excluding hydrogens is 270 g/mol. The van der Waals surface area contributed by atoms with Crippen LogP contribution in [0, 0.1) is 0 Å². The van der Waals surface area contributed by atoms with E-state index in [9.17, 15) is 4.79 Å². The number of pyridine rings is 1. The summed E-state index contributed by atoms with van der Waals surface area (Å²) in [5.74, 6) is 0. The average Bonchev–Trinajstić information content (AvgIpc) is 2.55. The number of carbonyl (C=O) groups is 1. The Bertz CT molecular complexity index is 642. The molecule has 2 aromatic rings. The first kappa shape index (κ1) is 13.8. The SMILES string of the molecule is O=C(Nc1cccc2cccnc12)N1CCO[C@H](CO)C1. The molecule has 21 heavy (non-hydrogen) atoms. The molecule has 1 saturated heterocycles. The molecule has 110 valence electrons. The first-order chi connectivity index (χ1) is 10.3. The highest BCUT2D eigenvalue weighted by atomic mass is 16.5. The second kappa shape index (κ2) is 6.07. The molecule has 0 bridgehead atoms. The Morgan fingerprint density at radius 1 is 1.43 bits per heavy atom. The molecule has 6 heteroatoms. The Morgan fingerprint density at radius 2 is 2.29 bits per heavy atom. The molecule has 1 aliphatic heterocycles. The van der Waals surface area contributed by atoms with E-state index in [2.05, 4.69) is 10.3 Å². The summed E-state index contributed by atoms with van der Waals surface area (Å²) in [5.41, 5.74) is 1.45. The van der Waals surface area contributed by atoms with Crippen LogP contribution in [0.4, 0.5) is 10.5 Å². The molecular formula is C15H17N3O3. The number of aliphatic hydroxyl groups is 1. The number of para-hydroxylation sites is 1. The van der Waals surface area contributed by atoms with E-state index in [1.54, 1.807) is 11.1 Å². The summed E-state index contributed by atoms with van der Waals surface area (Å²) in [6, 6.07) is 9.28. The van der Waals surface area contributed by atoms with E-state index >= 15 is 0 Å². The predicted octanol–water partition coefficient (Wildman–Crippen LogP) is 1.46. The number of nitrogens with one attached hydrogen (secondary N) is 1. The van der Waals surface area contributed by atoms with Gasteiger partial charge in [0.15, 0.2) is 0 Å². The lowest BCUT2D eigenvalue weighted by Gasteiger charge is -2.32. The van der Waals surface area contributed by atoms with Crippen LogP contribution in [0.5, 0.6) is 0 Å². The number of fused-ring (bicyclic) bond motifs is 1. The van der Waals surface area contributed by atoms with Gasteiger partial charge in [-0.2, -0.15) is 0 Å². The largest absolute Gasteiger partial charge is 0.394 e. The minimum Gasteiger partial charge on any atom is -0.394 e. The Hall–Kier alpha value is -2.18. The van der Waals surface area contributed by atoms with Gasteiger partial charge in [0.25, 0.3) is 0 Å². The van der Waals surface area contributed by atoms with Crippen LogP contribution in [0.2, 0.25) is 0 Å². The third-order valence-electron chi connectivity index (χ3n) is 3.50. The first-order valence-corrected chi connectivity index (χ1v) is 6.90. The van der Waals surface area contributed by atoms with Gasteiger partial charge in [0.1, 0.15) is 0 Å². The highest BCUT2D eigenvalue weighted by molar-refractivity contribution is 5.99. The van der Waals surface area contributed by atoms with Crippen molar-refractivity contribution in [2.24, 2.45) is 0 Å². The summed E-state index contributed by atoms with van der Waals surface area (Å²) in [6.45, 7) is 1.26. The number of urea groups is 1. The van der Waals surface area contributed by atoms with Gasteiger partial charge in [0, 0.05) is 18.1 Å². The highest BCUT2D eigenvalue weighted by Crippen LogP contribution is 2.21. The lowest BCUT2D eigenvalue weighted by atomic mass is 10.2. The van der Waals surface area contributed by atoms with Crippen LogP contribution in [0.15, 0.2) is 36.5 Å². The number of benzene rings is 1. The summed E-state index contributed by atoms with van der Waals surface area (Å²) in [5, 5.41) is 13.0. The van der Waals surface area contributed by atoms with Crippen molar-refractivity contribution in [3.63, 3.8) is 0 Å². The second-order valence-electron chi connectivity index (χ2n) is 4.93. The maximum atomic E-state index is 12.3. The van der Waals surface area contributed by atoms with Crippen molar-refractivity contribution in [3.05, 3.63) is 36.5 Å². The number of aromatic nitrogens is 1. The topological polar surface area (TPSA) is 74.7 Å². The summed E-state index contributed by atoms with van der Waals surface area (Å²) in [4.78, 5) is 18.3. The third-order valence-corrected chi connectivity index (χ3v) is 3.50. The van der Waals surface area contributed by atoms with E-state index in [1.807, 2.05) is 30.3 Å². The molecule has 0 radical (unpaired) electrons. The van der Waals surface area contributed by atoms with Crippen molar-refractivity contribution >= 4 is 22.6 Å². The summed E-state index contributed by atoms with van der Waals surface area (Å²) >= 11 is 0. The van der Waals surface area contributed by atoms with Gasteiger partial charge in [-0.05, 0) is 12.1 Å². The number of carbonyl (C=O) groups excluding carboxylic acids is 1. The standard InChI is InChI=1S/C15H17N3O3/c19-10-12-9-18(7-8-21-12)15(20)17-13-5-1-3-11-4-2-6-16-14(11)13/h1-6,12,19H,7-10H2,(H,17,20)/t12-/m0/s1. The molecule has 2 heterocycles. The maximum absolute atomic E-state index is 12.3. The normalized spacial score (nSPS) is 18.7. The van der Waals surface area contributed by atoms with Crippen LogP contribution in [0.3, 0.4) is 0 Å². The molecule has 1 aromatic carbocycles. The van der Waals surface area contributed by atoms with Crippen molar-refractivity contribution in [1.29, 1.82) is 0 Å². The Labute approximate surface area is 122 Å². The molecule has 0 saturated carbocycles. The van der Waals surface area contributed by atoms with Crippen LogP contribution in [0.1, 0.15) is 0 Å². The fourth-order valence-electron chi connectivity index (χ4n) is 2.41. The Morgan fingerprint density at radius 3 is 3.14 bits per heavy atom. The van der Waals surface area contributed by atoms with E-state index in [4.69, 9.17) is 9.84 Å². The van der Waals surface area contributed by atoms with Gasteiger partial charge in [-0.15, -0.1) is 0 Å². The van der Waals surface area contributed by atoms with Gasteiger partial charge in [0.2, 0.25) is 0 Å². The lowest BCUT2D eigenvalue weighted by molar-refractivity contribution is -0.0388. The van der Waals surface area contributed by atoms with Crippen molar-refractivity contribution in [2.75, 3.05) is 31.6 Å². The zero-order valence-electron chi connectivity index (χ0n) is 11.5. The number of morpholine rings is 1. The molecule has 6 nitrogen and oxygen atoms in total. The van der Waals surface area contributed by atoms with Crippen molar-refractivity contribution in [1.82, 2.24) is 9.88 Å². The number of rotatable bonds is 2. The number of nitrogens with zero attached hydrogens (tertiary/aromatic N) is 2. The molecule has 0 spiro atoms. The van der Waals surface area contributed by atoms with Crippen molar-refractivity contribution in [2.45, 2.75) is 6.10 Å². The van der Waals surface area contributed by atoms with Gasteiger partial charge >= 0.3 is 6.03 Å². The van der Waals surface area contributed by atoms with Crippen LogP contribution in [0.25, 0.3) is 10.9 Å². The van der Waals surface area contributed by atoms with Crippen LogP contribution < -0.4 is 5.32 Å². The lowest BCUT2D eigenvalue weighted by Crippen LogP contribution is -2.48. The second-order valence-corrected chi connectivity index (χ2v) is 4.93. The molecule has 1 fully saturated rings. The molecule has 2 N–H and O–H groups in total. The Kier molecular flexibility index (Phi) is 3.98. The number of ether oxygens (including phenoxy) is 1. The van der Waals surface area contributed by atoms with E-state index in [0.717, 1.165) is 10.9 Å². The quantitative estimate of drug-likeness (QED) is 0.877. The number of aliphatic hydroxyl groups excluding tert-OH is 1. The molecule has 0 aliphatic carbocycles. The van der Waals surface area contributed by atoms with E-state index in [0.29, 0.717) is 25.4 Å². The smallest absolute Gasteiger partial charge is 0.322 e. The maximum Gasteiger partial charge on any atom is 0.322 e. The number of hydrogen-bond acceptors (Lipinski definition) is 4. The monoisotopic (exact) mass is 287 g/mol. The molecule has 1 aliphatic rings. The van der Waals surface area contributed by atoms with Crippen molar-refractivity contribution < 1.29 is 14.6 Å². The number of hydrogen-bond donors (Lipinski definition) is 2. The van der Waals surface area contributed by atoms with Crippen LogP contribution in [-0.4, -0.2) is 53.4 Å². The van der Waals surface area contributed by atoms with Gasteiger partial charge in [0.05, 0.1) is 37.1 Å². The summed E-state index contributed by atoms with van der Waals surface area (Å²) < 4.78 is 5.34. The number of amides is 2. The van der Waals surface area contributed by atoms with Gasteiger partial charge in [-0.1, -0.05) is 18.2 Å². The van der Waals surface area contributed by atoms with Gasteiger partial charge in [-0.3, -0.25) is 4.98 Å². The summed E-state index contributed by atoms with van der Waals surface area (Å²) in [6.07, 6.45) is 1.39.